The van der Waals surface area contributed by atoms with Crippen molar-refractivity contribution < 1.29 is 14.7 Å². The molecule has 0 aliphatic carbocycles. The fraction of sp³-hybridized carbons (Fsp3) is 0.818. The van der Waals surface area contributed by atoms with Gasteiger partial charge in [-0.1, -0.05) is 0 Å². The Balaban J connectivity index is 2.44. The molecule has 1 aliphatic rings. The predicted molar refractivity (Wildman–Crippen MR) is 63.5 cm³/mol. The third kappa shape index (κ3) is 3.98. The number of hydrogen-bond donors (Lipinski definition) is 2. The third-order valence-corrected chi connectivity index (χ3v) is 3.26. The van der Waals surface area contributed by atoms with E-state index in [0.29, 0.717) is 19.1 Å². The maximum Gasteiger partial charge on any atom is 0.303 e. The fourth-order valence-electron chi connectivity index (χ4n) is 1.89. The number of carbonyl (C=O) groups excluding carboxylic acids is 1. The molecule has 0 aromatic rings. The second-order valence-electron chi connectivity index (χ2n) is 4.65. The Morgan fingerprint density at radius 3 is 2.65 bits per heavy atom. The number of nitrogens with zero attached hydrogens (tertiary/aromatic N) is 2. The molecule has 0 aromatic heterocycles. The minimum atomic E-state index is -0.917. The second kappa shape index (κ2) is 5.97. The van der Waals surface area contributed by atoms with Crippen molar-refractivity contribution in [1.29, 1.82) is 0 Å². The summed E-state index contributed by atoms with van der Waals surface area (Å²) in [6.07, 6.45) is 0.144. The molecule has 1 fully saturated rings. The predicted octanol–water partition coefficient (Wildman–Crippen LogP) is -0.659. The largest absolute Gasteiger partial charge is 0.481 e. The van der Waals surface area contributed by atoms with E-state index in [0.717, 1.165) is 6.54 Å². The molecule has 98 valence electrons. The van der Waals surface area contributed by atoms with Crippen LogP contribution in [0.1, 0.15) is 19.8 Å². The van der Waals surface area contributed by atoms with Crippen LogP contribution in [0.25, 0.3) is 0 Å². The normalized spacial score (nSPS) is 23.5. The molecular weight excluding hydrogens is 222 g/mol. The van der Waals surface area contributed by atoms with Gasteiger partial charge in [0.25, 0.3) is 0 Å². The highest BCUT2D eigenvalue weighted by Gasteiger charge is 2.27. The molecule has 1 rings (SSSR count). The molecule has 17 heavy (non-hydrogen) atoms. The van der Waals surface area contributed by atoms with Gasteiger partial charge < -0.3 is 20.6 Å². The number of amides is 1. The summed E-state index contributed by atoms with van der Waals surface area (Å²) in [5, 5.41) is 8.54. The van der Waals surface area contributed by atoms with Crippen molar-refractivity contribution in [1.82, 2.24) is 9.80 Å². The number of carbonyl (C=O) groups is 2. The molecule has 6 nitrogen and oxygen atoms in total. The van der Waals surface area contributed by atoms with Gasteiger partial charge in [-0.05, 0) is 20.4 Å². The molecule has 1 saturated heterocycles. The zero-order chi connectivity index (χ0) is 13.0. The number of carboxylic acid groups (broad SMARTS) is 1. The summed E-state index contributed by atoms with van der Waals surface area (Å²) >= 11 is 0. The highest BCUT2D eigenvalue weighted by atomic mass is 16.4. The van der Waals surface area contributed by atoms with Crippen LogP contribution in [0.2, 0.25) is 0 Å². The van der Waals surface area contributed by atoms with Crippen LogP contribution in [0.15, 0.2) is 0 Å². The maximum atomic E-state index is 12.0. The monoisotopic (exact) mass is 243 g/mol. The summed E-state index contributed by atoms with van der Waals surface area (Å²) < 4.78 is 0. The lowest BCUT2D eigenvalue weighted by Crippen LogP contribution is -2.55. The molecule has 3 N–H and O–H groups in total. The molecule has 0 bridgehead atoms. The Morgan fingerprint density at radius 1 is 1.47 bits per heavy atom. The summed E-state index contributed by atoms with van der Waals surface area (Å²) in [6, 6.07) is -0.374. The van der Waals surface area contributed by atoms with Crippen molar-refractivity contribution >= 4 is 11.9 Å². The Hall–Kier alpha value is -1.14. The van der Waals surface area contributed by atoms with Crippen LogP contribution in [-0.2, 0) is 9.59 Å². The van der Waals surface area contributed by atoms with E-state index in [9.17, 15) is 9.59 Å². The summed E-state index contributed by atoms with van der Waals surface area (Å²) in [5.41, 5.74) is 5.71. The van der Waals surface area contributed by atoms with E-state index in [4.69, 9.17) is 10.8 Å². The summed E-state index contributed by atoms with van der Waals surface area (Å²) in [4.78, 5) is 26.3. The van der Waals surface area contributed by atoms with Crippen LogP contribution in [0.5, 0.6) is 0 Å². The topological polar surface area (TPSA) is 86.9 Å². The van der Waals surface area contributed by atoms with Gasteiger partial charge >= 0.3 is 5.97 Å². The zero-order valence-corrected chi connectivity index (χ0v) is 10.4. The van der Waals surface area contributed by atoms with Crippen LogP contribution in [-0.4, -0.2) is 65.5 Å². The summed E-state index contributed by atoms with van der Waals surface area (Å²) in [6.45, 7) is 4.22. The lowest BCUT2D eigenvalue weighted by molar-refractivity contribution is -0.138. The quantitative estimate of drug-likeness (QED) is 0.684. The number of piperazine rings is 1. The molecule has 6 heteroatoms. The zero-order valence-electron chi connectivity index (χ0n) is 10.4. The number of aliphatic carboxylic acids is 1. The van der Waals surface area contributed by atoms with Gasteiger partial charge in [-0.2, -0.15) is 0 Å². The smallest absolute Gasteiger partial charge is 0.303 e. The van der Waals surface area contributed by atoms with E-state index < -0.39 is 12.0 Å². The lowest BCUT2D eigenvalue weighted by atomic mass is 10.1. The van der Waals surface area contributed by atoms with E-state index in [1.54, 1.807) is 4.90 Å². The first-order valence-corrected chi connectivity index (χ1v) is 5.88. The standard InChI is InChI=1S/C11H21N3O3/c1-8-7-14(6-5-13(8)2)11(17)9(12)3-4-10(15)16/h8-9H,3-7,12H2,1-2H3,(H,15,16). The van der Waals surface area contributed by atoms with Crippen LogP contribution < -0.4 is 5.73 Å². The van der Waals surface area contributed by atoms with Crippen LogP contribution >= 0.6 is 0 Å². The van der Waals surface area contributed by atoms with Gasteiger partial charge in [0.15, 0.2) is 0 Å². The minimum absolute atomic E-state index is 0.0593. The molecule has 0 spiro atoms. The molecule has 0 aromatic carbocycles. The molecule has 1 amide bonds. The molecule has 2 unspecified atom stereocenters. The van der Waals surface area contributed by atoms with Crippen LogP contribution in [0.3, 0.4) is 0 Å². The lowest BCUT2D eigenvalue weighted by Gasteiger charge is -2.38. The Bertz CT molecular complexity index is 296. The molecule has 1 aliphatic heterocycles. The van der Waals surface area contributed by atoms with Crippen molar-refractivity contribution in [2.75, 3.05) is 26.7 Å². The average molecular weight is 243 g/mol. The van der Waals surface area contributed by atoms with E-state index in [2.05, 4.69) is 11.8 Å². The van der Waals surface area contributed by atoms with Crippen LogP contribution in [0, 0.1) is 0 Å². The van der Waals surface area contributed by atoms with Crippen molar-refractivity contribution in [2.24, 2.45) is 5.73 Å². The SMILES string of the molecule is CC1CN(C(=O)C(N)CCC(=O)O)CCN1C. The van der Waals surface area contributed by atoms with E-state index in [1.165, 1.54) is 0 Å². The summed E-state index contributed by atoms with van der Waals surface area (Å²) in [7, 11) is 2.02. The van der Waals surface area contributed by atoms with Gasteiger partial charge in [-0.15, -0.1) is 0 Å². The highest BCUT2D eigenvalue weighted by Crippen LogP contribution is 2.09. The van der Waals surface area contributed by atoms with Gasteiger partial charge in [-0.25, -0.2) is 0 Å². The Labute approximate surface area is 101 Å². The van der Waals surface area contributed by atoms with Crippen molar-refractivity contribution in [3.8, 4) is 0 Å². The molecule has 1 heterocycles. The second-order valence-corrected chi connectivity index (χ2v) is 4.65. The Kier molecular flexibility index (Phi) is 4.89. The average Bonchev–Trinajstić information content (AvgIpc) is 2.28. The molecular formula is C11H21N3O3. The van der Waals surface area contributed by atoms with E-state index in [1.807, 2.05) is 7.05 Å². The van der Waals surface area contributed by atoms with Crippen molar-refractivity contribution in [3.63, 3.8) is 0 Å². The van der Waals surface area contributed by atoms with Gasteiger partial charge in [0.2, 0.25) is 5.91 Å². The first-order chi connectivity index (χ1) is 7.91. The van der Waals surface area contributed by atoms with Crippen LogP contribution in [0.4, 0.5) is 0 Å². The molecule has 2 atom stereocenters. The van der Waals surface area contributed by atoms with Gasteiger partial charge in [0.05, 0.1) is 6.04 Å². The number of rotatable bonds is 4. The third-order valence-electron chi connectivity index (χ3n) is 3.26. The summed E-state index contributed by atoms with van der Waals surface area (Å²) in [5.74, 6) is -1.05. The number of carboxylic acids is 1. The van der Waals surface area contributed by atoms with E-state index in [-0.39, 0.29) is 18.7 Å². The number of nitrogens with two attached hydrogens (primary N) is 1. The van der Waals surface area contributed by atoms with Gasteiger partial charge in [0, 0.05) is 32.1 Å². The van der Waals surface area contributed by atoms with Crippen molar-refractivity contribution in [3.05, 3.63) is 0 Å². The molecule has 0 radical (unpaired) electrons. The van der Waals surface area contributed by atoms with E-state index >= 15 is 0 Å². The fourth-order valence-corrected chi connectivity index (χ4v) is 1.89. The van der Waals surface area contributed by atoms with Gasteiger partial charge in [0.1, 0.15) is 0 Å². The first kappa shape index (κ1) is 13.9. The number of likely N-dealkylation sites (N-methyl/N-ethyl adjacent to an activating group) is 1. The van der Waals surface area contributed by atoms with Gasteiger partial charge in [-0.3, -0.25) is 9.59 Å². The highest BCUT2D eigenvalue weighted by molar-refractivity contribution is 5.82. The Morgan fingerprint density at radius 2 is 2.12 bits per heavy atom. The first-order valence-electron chi connectivity index (χ1n) is 5.88. The number of hydrogen-bond acceptors (Lipinski definition) is 4. The maximum absolute atomic E-state index is 12.0. The minimum Gasteiger partial charge on any atom is -0.481 e. The molecule has 0 saturated carbocycles. The van der Waals surface area contributed by atoms with Crippen molar-refractivity contribution in [2.45, 2.75) is 31.8 Å².